The molecule has 0 unspecified atom stereocenters. The summed E-state index contributed by atoms with van der Waals surface area (Å²) in [5.41, 5.74) is 2.29. The van der Waals surface area contributed by atoms with E-state index in [0.717, 1.165) is 30.2 Å². The molecule has 0 heterocycles. The van der Waals surface area contributed by atoms with Gasteiger partial charge in [0.1, 0.15) is 24.2 Å². The molecule has 0 bridgehead atoms. The molecule has 0 radical (unpaired) electrons. The second-order valence-corrected chi connectivity index (χ2v) is 7.17. The zero-order valence-corrected chi connectivity index (χ0v) is 16.3. The van der Waals surface area contributed by atoms with Crippen molar-refractivity contribution >= 4 is 0 Å². The number of aliphatic hydroxyl groups excluding tert-OH is 1. The van der Waals surface area contributed by atoms with Crippen molar-refractivity contribution in [2.75, 3.05) is 26.8 Å². The summed E-state index contributed by atoms with van der Waals surface area (Å²) in [5, 5.41) is 10.5. The van der Waals surface area contributed by atoms with E-state index in [1.54, 1.807) is 7.11 Å². The third-order valence-electron chi connectivity index (χ3n) is 4.18. The molecule has 26 heavy (non-hydrogen) atoms. The first-order chi connectivity index (χ1) is 12.5. The lowest BCUT2D eigenvalue weighted by molar-refractivity contribution is 0.0613. The maximum Gasteiger partial charge on any atom is 0.122 e. The lowest BCUT2D eigenvalue weighted by atomic mass is 10.1. The number of para-hydroxylation sites is 1. The van der Waals surface area contributed by atoms with Crippen LogP contribution in [0.3, 0.4) is 0 Å². The Hall–Kier alpha value is -2.04. The van der Waals surface area contributed by atoms with Crippen molar-refractivity contribution in [2.45, 2.75) is 33.4 Å². The predicted molar refractivity (Wildman–Crippen MR) is 106 cm³/mol. The topological polar surface area (TPSA) is 41.9 Å². The Bertz CT molecular complexity index is 655. The van der Waals surface area contributed by atoms with Crippen LogP contribution < -0.4 is 9.47 Å². The highest BCUT2D eigenvalue weighted by molar-refractivity contribution is 5.31. The molecule has 2 rings (SSSR count). The van der Waals surface area contributed by atoms with Crippen molar-refractivity contribution in [2.24, 2.45) is 5.92 Å². The number of aliphatic hydroxyl groups is 1. The third-order valence-corrected chi connectivity index (χ3v) is 4.18. The van der Waals surface area contributed by atoms with E-state index in [4.69, 9.17) is 9.47 Å². The van der Waals surface area contributed by atoms with Gasteiger partial charge in [-0.3, -0.25) is 4.90 Å². The molecular weight excluding hydrogens is 326 g/mol. The molecule has 1 atom stereocenters. The Morgan fingerprint density at radius 2 is 1.69 bits per heavy atom. The standard InChI is InChI=1S/C22H31NO3/c1-17(2)13-23(14-19-9-11-21(25-4)12-10-19)15-20(24)16-26-22-8-6-5-7-18(22)3/h5-12,17,20,24H,13-16H2,1-4H3/t20-/m1/s1. The maximum absolute atomic E-state index is 10.5. The number of benzene rings is 2. The van der Waals surface area contributed by atoms with Crippen LogP contribution in [-0.2, 0) is 6.54 Å². The lowest BCUT2D eigenvalue weighted by Gasteiger charge is -2.27. The van der Waals surface area contributed by atoms with Gasteiger partial charge in [-0.15, -0.1) is 0 Å². The second-order valence-electron chi connectivity index (χ2n) is 7.17. The second kappa shape index (κ2) is 10.2. The van der Waals surface area contributed by atoms with Crippen molar-refractivity contribution in [3.05, 3.63) is 59.7 Å². The molecule has 0 amide bonds. The van der Waals surface area contributed by atoms with E-state index < -0.39 is 6.10 Å². The zero-order valence-electron chi connectivity index (χ0n) is 16.3. The summed E-state index contributed by atoms with van der Waals surface area (Å²) in [6, 6.07) is 16.0. The van der Waals surface area contributed by atoms with Gasteiger partial charge >= 0.3 is 0 Å². The summed E-state index contributed by atoms with van der Waals surface area (Å²) in [5.74, 6) is 2.21. The van der Waals surface area contributed by atoms with Crippen LogP contribution in [0.5, 0.6) is 11.5 Å². The van der Waals surface area contributed by atoms with Gasteiger partial charge in [0.05, 0.1) is 7.11 Å². The highest BCUT2D eigenvalue weighted by Crippen LogP contribution is 2.17. The SMILES string of the molecule is COc1ccc(CN(CC(C)C)C[C@@H](O)COc2ccccc2C)cc1. The van der Waals surface area contributed by atoms with Gasteiger partial charge < -0.3 is 14.6 Å². The fourth-order valence-corrected chi connectivity index (χ4v) is 2.96. The number of hydrogen-bond donors (Lipinski definition) is 1. The molecular formula is C22H31NO3. The lowest BCUT2D eigenvalue weighted by Crippen LogP contribution is -2.37. The summed E-state index contributed by atoms with van der Waals surface area (Å²) in [4.78, 5) is 2.28. The number of ether oxygens (including phenoxy) is 2. The van der Waals surface area contributed by atoms with Gasteiger partial charge in [0.15, 0.2) is 0 Å². The van der Waals surface area contributed by atoms with Crippen molar-refractivity contribution < 1.29 is 14.6 Å². The third kappa shape index (κ3) is 6.70. The molecule has 142 valence electrons. The van der Waals surface area contributed by atoms with Crippen molar-refractivity contribution in [1.82, 2.24) is 4.90 Å². The maximum atomic E-state index is 10.5. The van der Waals surface area contributed by atoms with E-state index in [1.165, 1.54) is 5.56 Å². The summed E-state index contributed by atoms with van der Waals surface area (Å²) < 4.78 is 11.0. The predicted octanol–water partition coefficient (Wildman–Crippen LogP) is 3.90. The van der Waals surface area contributed by atoms with Crippen LogP contribution in [0.4, 0.5) is 0 Å². The van der Waals surface area contributed by atoms with E-state index >= 15 is 0 Å². The van der Waals surface area contributed by atoms with Gasteiger partial charge in [-0.25, -0.2) is 0 Å². The van der Waals surface area contributed by atoms with Crippen LogP contribution in [0.15, 0.2) is 48.5 Å². The Morgan fingerprint density at radius 1 is 1.00 bits per heavy atom. The molecule has 0 spiro atoms. The van der Waals surface area contributed by atoms with Gasteiger partial charge in [-0.2, -0.15) is 0 Å². The van der Waals surface area contributed by atoms with Crippen LogP contribution in [0.1, 0.15) is 25.0 Å². The van der Waals surface area contributed by atoms with Crippen LogP contribution in [0, 0.1) is 12.8 Å². The summed E-state index contributed by atoms with van der Waals surface area (Å²) in [7, 11) is 1.67. The largest absolute Gasteiger partial charge is 0.497 e. The highest BCUT2D eigenvalue weighted by atomic mass is 16.5. The smallest absolute Gasteiger partial charge is 0.122 e. The molecule has 0 aliphatic carbocycles. The first kappa shape index (κ1) is 20.3. The van der Waals surface area contributed by atoms with Crippen molar-refractivity contribution in [3.8, 4) is 11.5 Å². The average Bonchev–Trinajstić information content (AvgIpc) is 2.61. The molecule has 0 aliphatic rings. The van der Waals surface area contributed by atoms with Gasteiger partial charge in [-0.05, 0) is 42.2 Å². The van der Waals surface area contributed by atoms with Crippen LogP contribution in [-0.4, -0.2) is 42.9 Å². The van der Waals surface area contributed by atoms with Gasteiger partial charge in [0, 0.05) is 19.6 Å². The Morgan fingerprint density at radius 3 is 2.31 bits per heavy atom. The fraction of sp³-hybridized carbons (Fsp3) is 0.455. The van der Waals surface area contributed by atoms with E-state index in [9.17, 15) is 5.11 Å². The molecule has 2 aromatic rings. The first-order valence-electron chi connectivity index (χ1n) is 9.19. The summed E-state index contributed by atoms with van der Waals surface area (Å²) in [6.07, 6.45) is -0.536. The quantitative estimate of drug-likeness (QED) is 0.700. The first-order valence-corrected chi connectivity index (χ1v) is 9.19. The number of hydrogen-bond acceptors (Lipinski definition) is 4. The van der Waals surface area contributed by atoms with E-state index in [1.807, 2.05) is 43.3 Å². The number of rotatable bonds is 10. The molecule has 2 aromatic carbocycles. The van der Waals surface area contributed by atoms with E-state index in [-0.39, 0.29) is 0 Å². The van der Waals surface area contributed by atoms with Crippen molar-refractivity contribution in [3.63, 3.8) is 0 Å². The van der Waals surface area contributed by atoms with E-state index in [2.05, 4.69) is 30.9 Å². The van der Waals surface area contributed by atoms with Gasteiger partial charge in [0.2, 0.25) is 0 Å². The minimum absolute atomic E-state index is 0.294. The highest BCUT2D eigenvalue weighted by Gasteiger charge is 2.15. The minimum Gasteiger partial charge on any atom is -0.497 e. The Kier molecular flexibility index (Phi) is 7.95. The molecule has 4 heteroatoms. The van der Waals surface area contributed by atoms with E-state index in [0.29, 0.717) is 19.1 Å². The number of nitrogens with zero attached hydrogens (tertiary/aromatic N) is 1. The van der Waals surface area contributed by atoms with Gasteiger partial charge in [-0.1, -0.05) is 44.2 Å². The Labute approximate surface area is 157 Å². The molecule has 0 aromatic heterocycles. The molecule has 0 saturated heterocycles. The molecule has 1 N–H and O–H groups in total. The van der Waals surface area contributed by atoms with Crippen LogP contribution in [0.25, 0.3) is 0 Å². The molecule has 0 fully saturated rings. The fourth-order valence-electron chi connectivity index (χ4n) is 2.96. The normalized spacial score (nSPS) is 12.4. The summed E-state index contributed by atoms with van der Waals surface area (Å²) in [6.45, 7) is 8.99. The number of methoxy groups -OCH3 is 1. The van der Waals surface area contributed by atoms with Crippen LogP contribution in [0.2, 0.25) is 0 Å². The monoisotopic (exact) mass is 357 g/mol. The molecule has 0 saturated carbocycles. The molecule has 4 nitrogen and oxygen atoms in total. The summed E-state index contributed by atoms with van der Waals surface area (Å²) >= 11 is 0. The molecule has 0 aliphatic heterocycles. The zero-order chi connectivity index (χ0) is 18.9. The number of aryl methyl sites for hydroxylation is 1. The minimum atomic E-state index is -0.536. The van der Waals surface area contributed by atoms with Crippen molar-refractivity contribution in [1.29, 1.82) is 0 Å². The average molecular weight is 357 g/mol. The Balaban J connectivity index is 1.91. The van der Waals surface area contributed by atoms with Gasteiger partial charge in [0.25, 0.3) is 0 Å². The van der Waals surface area contributed by atoms with Crippen LogP contribution >= 0.6 is 0 Å².